The van der Waals surface area contributed by atoms with Gasteiger partial charge in [0.2, 0.25) is 0 Å². The van der Waals surface area contributed by atoms with Gasteiger partial charge in [-0.1, -0.05) is 77.8 Å². The van der Waals surface area contributed by atoms with Crippen molar-refractivity contribution in [3.63, 3.8) is 0 Å². The molecule has 1 N–H and O–H groups in total. The number of hydrogen-bond acceptors (Lipinski definition) is 3. The average Bonchev–Trinajstić information content (AvgIpc) is 2.74. The fraction of sp³-hybridized carbons (Fsp3) is 0.0435. The minimum Gasteiger partial charge on any atom is -0.482 e. The van der Waals surface area contributed by atoms with Gasteiger partial charge in [-0.05, 0) is 39.7 Å². The maximum absolute atomic E-state index is 12.1. The van der Waals surface area contributed by atoms with Gasteiger partial charge in [-0.3, -0.25) is 4.79 Å². The van der Waals surface area contributed by atoms with Crippen LogP contribution < -0.4 is 10.2 Å². The number of rotatable bonds is 5. The normalized spacial score (nSPS) is 11.2. The molecule has 0 aliphatic carbocycles. The molecule has 4 nitrogen and oxygen atoms in total. The van der Waals surface area contributed by atoms with Crippen molar-refractivity contribution in [2.24, 2.45) is 5.10 Å². The third-order valence-corrected chi connectivity index (χ3v) is 5.27. The summed E-state index contributed by atoms with van der Waals surface area (Å²) >= 11 is 12.0. The van der Waals surface area contributed by atoms with Gasteiger partial charge in [0.25, 0.3) is 5.91 Å². The van der Waals surface area contributed by atoms with Crippen LogP contribution in [0.4, 0.5) is 0 Å². The molecule has 0 atom stereocenters. The van der Waals surface area contributed by atoms with E-state index in [0.29, 0.717) is 10.8 Å². The van der Waals surface area contributed by atoms with Crippen molar-refractivity contribution in [3.8, 4) is 5.75 Å². The van der Waals surface area contributed by atoms with Crippen molar-refractivity contribution in [2.45, 2.75) is 0 Å². The Balaban J connectivity index is 1.52. The number of carbonyl (C=O) groups is 1. The van der Waals surface area contributed by atoms with E-state index in [1.807, 2.05) is 36.4 Å². The van der Waals surface area contributed by atoms with Gasteiger partial charge in [-0.2, -0.15) is 5.10 Å². The topological polar surface area (TPSA) is 50.7 Å². The van der Waals surface area contributed by atoms with Crippen LogP contribution in [0.1, 0.15) is 5.56 Å². The van der Waals surface area contributed by atoms with Crippen LogP contribution >= 0.6 is 23.2 Å². The Kier molecular flexibility index (Phi) is 5.65. The Bertz CT molecular complexity index is 1180. The number of carbonyl (C=O) groups excluding carboxylic acids is 1. The SMILES string of the molecule is O=C(COc1cccc(Cl)c1Cl)N/N=C/c1c2ccccc2cc2ccccc12. The molecule has 0 aliphatic rings. The first-order chi connectivity index (χ1) is 14.1. The molecule has 0 heterocycles. The van der Waals surface area contributed by atoms with E-state index < -0.39 is 5.91 Å². The highest BCUT2D eigenvalue weighted by Crippen LogP contribution is 2.31. The summed E-state index contributed by atoms with van der Waals surface area (Å²) in [4.78, 5) is 12.1. The molecular formula is C23H16Cl2N2O2. The Morgan fingerprint density at radius 2 is 1.59 bits per heavy atom. The minimum absolute atomic E-state index is 0.228. The number of halogens is 2. The van der Waals surface area contributed by atoms with Crippen LogP contribution in [0.25, 0.3) is 21.5 Å². The van der Waals surface area contributed by atoms with Crippen molar-refractivity contribution in [1.82, 2.24) is 5.43 Å². The number of benzene rings is 4. The molecule has 0 radical (unpaired) electrons. The lowest BCUT2D eigenvalue weighted by molar-refractivity contribution is -0.123. The Labute approximate surface area is 177 Å². The number of hydrogen-bond donors (Lipinski definition) is 1. The number of nitrogens with one attached hydrogen (secondary N) is 1. The van der Waals surface area contributed by atoms with Gasteiger partial charge >= 0.3 is 0 Å². The van der Waals surface area contributed by atoms with E-state index in [4.69, 9.17) is 27.9 Å². The van der Waals surface area contributed by atoms with Gasteiger partial charge in [-0.15, -0.1) is 0 Å². The van der Waals surface area contributed by atoms with Gasteiger partial charge in [0, 0.05) is 5.56 Å². The van der Waals surface area contributed by atoms with Gasteiger partial charge in [0.15, 0.2) is 6.61 Å². The molecule has 1 amide bonds. The van der Waals surface area contributed by atoms with Crippen molar-refractivity contribution >= 4 is 56.9 Å². The molecule has 6 heteroatoms. The first-order valence-corrected chi connectivity index (χ1v) is 9.68. The molecule has 0 unspecified atom stereocenters. The molecule has 4 aromatic rings. The van der Waals surface area contributed by atoms with E-state index in [0.717, 1.165) is 27.1 Å². The number of ether oxygens (including phenoxy) is 1. The summed E-state index contributed by atoms with van der Waals surface area (Å²) in [5, 5.41) is 9.11. The van der Waals surface area contributed by atoms with E-state index in [1.54, 1.807) is 24.4 Å². The highest BCUT2D eigenvalue weighted by molar-refractivity contribution is 6.42. The van der Waals surface area contributed by atoms with E-state index in [-0.39, 0.29) is 11.6 Å². The third-order valence-electron chi connectivity index (χ3n) is 4.47. The molecule has 0 aliphatic heterocycles. The van der Waals surface area contributed by atoms with E-state index in [2.05, 4.69) is 28.7 Å². The summed E-state index contributed by atoms with van der Waals surface area (Å²) in [6, 6.07) is 23.3. The maximum atomic E-state index is 12.1. The minimum atomic E-state index is -0.401. The standard InChI is InChI=1S/C23H16Cl2N2O2/c24-20-10-5-11-21(23(20)25)29-14-22(28)27-26-13-19-17-8-3-1-6-15(17)12-16-7-2-4-9-18(16)19/h1-13H,14H2,(H,27,28)/b26-13+. The summed E-state index contributed by atoms with van der Waals surface area (Å²) in [5.74, 6) is -0.0554. The van der Waals surface area contributed by atoms with Gasteiger partial charge in [-0.25, -0.2) is 5.43 Å². The highest BCUT2D eigenvalue weighted by Gasteiger charge is 2.08. The lowest BCUT2D eigenvalue weighted by Crippen LogP contribution is -2.24. The average molecular weight is 423 g/mol. The summed E-state index contributed by atoms with van der Waals surface area (Å²) in [5.41, 5.74) is 3.44. The monoisotopic (exact) mass is 422 g/mol. The summed E-state index contributed by atoms with van der Waals surface area (Å²) in [6.45, 7) is -0.228. The van der Waals surface area contributed by atoms with Crippen LogP contribution in [-0.4, -0.2) is 18.7 Å². The molecule has 29 heavy (non-hydrogen) atoms. The first kappa shape index (κ1) is 19.2. The molecule has 4 aromatic carbocycles. The number of hydrazone groups is 1. The summed E-state index contributed by atoms with van der Waals surface area (Å²) < 4.78 is 5.42. The molecule has 0 fully saturated rings. The largest absolute Gasteiger partial charge is 0.482 e. The van der Waals surface area contributed by atoms with Crippen molar-refractivity contribution < 1.29 is 9.53 Å². The van der Waals surface area contributed by atoms with E-state index in [1.165, 1.54) is 0 Å². The quantitative estimate of drug-likeness (QED) is 0.250. The summed E-state index contributed by atoms with van der Waals surface area (Å²) in [7, 11) is 0. The van der Waals surface area contributed by atoms with Crippen LogP contribution in [0.15, 0.2) is 77.9 Å². The van der Waals surface area contributed by atoms with Crippen LogP contribution in [0.5, 0.6) is 5.75 Å². The van der Waals surface area contributed by atoms with Crippen molar-refractivity contribution in [1.29, 1.82) is 0 Å². The lowest BCUT2D eigenvalue weighted by Gasteiger charge is -2.09. The molecule has 0 saturated heterocycles. The van der Waals surface area contributed by atoms with Crippen LogP contribution in [-0.2, 0) is 4.79 Å². The van der Waals surface area contributed by atoms with Crippen LogP contribution in [0.3, 0.4) is 0 Å². The van der Waals surface area contributed by atoms with E-state index >= 15 is 0 Å². The molecule has 0 bridgehead atoms. The zero-order valence-electron chi connectivity index (χ0n) is 15.2. The Morgan fingerprint density at radius 1 is 0.931 bits per heavy atom. The fourth-order valence-corrected chi connectivity index (χ4v) is 3.47. The maximum Gasteiger partial charge on any atom is 0.277 e. The molecule has 4 rings (SSSR count). The van der Waals surface area contributed by atoms with Crippen molar-refractivity contribution in [3.05, 3.63) is 88.4 Å². The zero-order valence-corrected chi connectivity index (χ0v) is 16.7. The highest BCUT2D eigenvalue weighted by atomic mass is 35.5. The molecular weight excluding hydrogens is 407 g/mol. The zero-order chi connectivity index (χ0) is 20.2. The predicted octanol–water partition coefficient (Wildman–Crippen LogP) is 5.83. The second kappa shape index (κ2) is 8.52. The fourth-order valence-electron chi connectivity index (χ4n) is 3.13. The lowest BCUT2D eigenvalue weighted by atomic mass is 9.97. The van der Waals surface area contributed by atoms with Gasteiger partial charge < -0.3 is 4.74 Å². The number of nitrogens with zero attached hydrogens (tertiary/aromatic N) is 1. The third kappa shape index (κ3) is 4.19. The predicted molar refractivity (Wildman–Crippen MR) is 119 cm³/mol. The molecule has 0 aromatic heterocycles. The first-order valence-electron chi connectivity index (χ1n) is 8.92. The van der Waals surface area contributed by atoms with Crippen LogP contribution in [0.2, 0.25) is 10.0 Å². The Hall–Kier alpha value is -3.08. The summed E-state index contributed by atoms with van der Waals surface area (Å²) in [6.07, 6.45) is 1.66. The van der Waals surface area contributed by atoms with Crippen molar-refractivity contribution in [2.75, 3.05) is 6.61 Å². The van der Waals surface area contributed by atoms with Crippen LogP contribution in [0, 0.1) is 0 Å². The smallest absolute Gasteiger partial charge is 0.277 e. The van der Waals surface area contributed by atoms with E-state index in [9.17, 15) is 4.79 Å². The van der Waals surface area contributed by atoms with Gasteiger partial charge in [0.1, 0.15) is 10.8 Å². The Morgan fingerprint density at radius 3 is 2.28 bits per heavy atom. The number of amides is 1. The molecule has 0 spiro atoms. The second-order valence-electron chi connectivity index (χ2n) is 6.37. The number of fused-ring (bicyclic) bond motifs is 2. The van der Waals surface area contributed by atoms with Gasteiger partial charge in [0.05, 0.1) is 11.2 Å². The second-order valence-corrected chi connectivity index (χ2v) is 7.15. The molecule has 144 valence electrons. The molecule has 0 saturated carbocycles.